The summed E-state index contributed by atoms with van der Waals surface area (Å²) in [4.78, 5) is 15.2. The van der Waals surface area contributed by atoms with E-state index in [4.69, 9.17) is 4.74 Å². The summed E-state index contributed by atoms with van der Waals surface area (Å²) in [5, 5.41) is 3.29. The highest BCUT2D eigenvalue weighted by Gasteiger charge is 2.22. The third-order valence-electron chi connectivity index (χ3n) is 4.32. The van der Waals surface area contributed by atoms with Gasteiger partial charge in [0.25, 0.3) is 5.56 Å². The summed E-state index contributed by atoms with van der Waals surface area (Å²) >= 11 is 0. The number of pyridine rings is 1. The van der Waals surface area contributed by atoms with E-state index in [1.807, 2.05) is 4.57 Å². The van der Waals surface area contributed by atoms with E-state index >= 15 is 0 Å². The zero-order valence-corrected chi connectivity index (χ0v) is 14.3. The van der Waals surface area contributed by atoms with Gasteiger partial charge in [-0.05, 0) is 32.0 Å². The Kier molecular flexibility index (Phi) is 6.17. The molecule has 0 saturated carbocycles. The van der Waals surface area contributed by atoms with Crippen LogP contribution in [0, 0.1) is 0 Å². The molecule has 1 aliphatic heterocycles. The molecule has 1 aromatic rings. The van der Waals surface area contributed by atoms with Crippen molar-refractivity contribution >= 4 is 0 Å². The van der Waals surface area contributed by atoms with Crippen LogP contribution < -0.4 is 10.9 Å². The zero-order valence-electron chi connectivity index (χ0n) is 14.3. The average Bonchev–Trinajstić information content (AvgIpc) is 2.51. The van der Waals surface area contributed by atoms with E-state index in [9.17, 15) is 4.79 Å². The van der Waals surface area contributed by atoms with E-state index in [0.29, 0.717) is 13.2 Å². The maximum absolute atomic E-state index is 12.8. The minimum Gasteiger partial charge on any atom is -0.383 e. The molecule has 0 bridgehead atoms. The molecule has 0 aliphatic carbocycles. The average molecular weight is 307 g/mol. The molecule has 0 aromatic carbocycles. The van der Waals surface area contributed by atoms with E-state index in [1.165, 1.54) is 11.3 Å². The van der Waals surface area contributed by atoms with Crippen molar-refractivity contribution in [3.05, 3.63) is 33.2 Å². The Morgan fingerprint density at radius 1 is 1.41 bits per heavy atom. The van der Waals surface area contributed by atoms with Crippen LogP contribution in [0.4, 0.5) is 0 Å². The third-order valence-corrected chi connectivity index (χ3v) is 4.32. The zero-order chi connectivity index (χ0) is 16.1. The van der Waals surface area contributed by atoms with Crippen molar-refractivity contribution < 1.29 is 4.74 Å². The van der Waals surface area contributed by atoms with E-state index in [0.717, 1.165) is 38.2 Å². The van der Waals surface area contributed by atoms with Gasteiger partial charge >= 0.3 is 0 Å². The molecule has 5 heteroatoms. The fourth-order valence-corrected chi connectivity index (χ4v) is 3.13. The van der Waals surface area contributed by atoms with Crippen molar-refractivity contribution in [3.8, 4) is 0 Å². The molecule has 0 amide bonds. The molecular weight excluding hydrogens is 278 g/mol. The maximum Gasteiger partial charge on any atom is 0.255 e. The summed E-state index contributed by atoms with van der Waals surface area (Å²) in [5.74, 6) is 0. The van der Waals surface area contributed by atoms with E-state index < -0.39 is 0 Å². The molecule has 124 valence electrons. The van der Waals surface area contributed by atoms with Crippen molar-refractivity contribution in [1.82, 2.24) is 14.8 Å². The van der Waals surface area contributed by atoms with Gasteiger partial charge in [-0.25, -0.2) is 0 Å². The van der Waals surface area contributed by atoms with Crippen LogP contribution in [0.25, 0.3) is 0 Å². The van der Waals surface area contributed by atoms with E-state index in [1.54, 1.807) is 7.11 Å². The molecule has 5 nitrogen and oxygen atoms in total. The van der Waals surface area contributed by atoms with Crippen LogP contribution in [0.5, 0.6) is 0 Å². The van der Waals surface area contributed by atoms with Gasteiger partial charge in [0.2, 0.25) is 0 Å². The molecule has 0 radical (unpaired) electrons. The van der Waals surface area contributed by atoms with Crippen LogP contribution in [-0.4, -0.2) is 42.8 Å². The molecule has 0 fully saturated rings. The number of nitrogens with zero attached hydrogens (tertiary/aromatic N) is 2. The van der Waals surface area contributed by atoms with Gasteiger partial charge in [-0.15, -0.1) is 0 Å². The fraction of sp³-hybridized carbons (Fsp3) is 0.706. The molecule has 22 heavy (non-hydrogen) atoms. The Hall–Kier alpha value is -1.17. The van der Waals surface area contributed by atoms with Crippen molar-refractivity contribution in [2.24, 2.45) is 0 Å². The summed E-state index contributed by atoms with van der Waals surface area (Å²) in [7, 11) is 1.69. The lowest BCUT2D eigenvalue weighted by molar-refractivity contribution is 0.199. The van der Waals surface area contributed by atoms with Gasteiger partial charge in [-0.1, -0.05) is 6.92 Å². The highest BCUT2D eigenvalue weighted by atomic mass is 16.5. The summed E-state index contributed by atoms with van der Waals surface area (Å²) in [5.41, 5.74) is 3.56. The molecule has 2 rings (SSSR count). The van der Waals surface area contributed by atoms with Gasteiger partial charge < -0.3 is 14.6 Å². The second kappa shape index (κ2) is 7.90. The van der Waals surface area contributed by atoms with Crippen molar-refractivity contribution in [2.45, 2.75) is 46.3 Å². The lowest BCUT2D eigenvalue weighted by Crippen LogP contribution is -2.38. The lowest BCUT2D eigenvalue weighted by Gasteiger charge is -2.31. The van der Waals surface area contributed by atoms with E-state index in [2.05, 4.69) is 37.1 Å². The molecule has 1 N–H and O–H groups in total. The number of hydrogen-bond acceptors (Lipinski definition) is 4. The normalized spacial score (nSPS) is 15.3. The summed E-state index contributed by atoms with van der Waals surface area (Å²) in [6.45, 7) is 11.5. The predicted molar refractivity (Wildman–Crippen MR) is 89.3 cm³/mol. The van der Waals surface area contributed by atoms with Crippen molar-refractivity contribution in [2.75, 3.05) is 33.4 Å². The van der Waals surface area contributed by atoms with Crippen LogP contribution in [0.1, 0.15) is 43.6 Å². The van der Waals surface area contributed by atoms with Crippen LogP contribution in [0.15, 0.2) is 10.9 Å². The number of fused-ring (bicyclic) bond motifs is 1. The first kappa shape index (κ1) is 17.2. The highest BCUT2D eigenvalue weighted by Crippen LogP contribution is 2.21. The Labute approximate surface area is 133 Å². The Morgan fingerprint density at radius 2 is 2.18 bits per heavy atom. The topological polar surface area (TPSA) is 46.5 Å². The van der Waals surface area contributed by atoms with Crippen LogP contribution >= 0.6 is 0 Å². The summed E-state index contributed by atoms with van der Waals surface area (Å²) in [6, 6.07) is 2.31. The second-order valence-electron chi connectivity index (χ2n) is 6.20. The summed E-state index contributed by atoms with van der Waals surface area (Å²) < 4.78 is 7.03. The van der Waals surface area contributed by atoms with Gasteiger partial charge in [0.15, 0.2) is 0 Å². The first-order chi connectivity index (χ1) is 10.6. The first-order valence-electron chi connectivity index (χ1n) is 8.26. The first-order valence-corrected chi connectivity index (χ1v) is 8.26. The third kappa shape index (κ3) is 3.77. The predicted octanol–water partition coefficient (Wildman–Crippen LogP) is 1.54. The second-order valence-corrected chi connectivity index (χ2v) is 6.20. The monoisotopic (exact) mass is 307 g/mol. The molecule has 1 aliphatic rings. The quantitative estimate of drug-likeness (QED) is 0.776. The molecule has 0 unspecified atom stereocenters. The highest BCUT2D eigenvalue weighted by molar-refractivity contribution is 5.29. The Bertz CT molecular complexity index is 552. The van der Waals surface area contributed by atoms with Crippen molar-refractivity contribution in [1.29, 1.82) is 0 Å². The molecule has 0 atom stereocenters. The van der Waals surface area contributed by atoms with Crippen LogP contribution in [-0.2, 0) is 24.2 Å². The molecule has 0 saturated heterocycles. The number of methoxy groups -OCH3 is 1. The van der Waals surface area contributed by atoms with Gasteiger partial charge in [0, 0.05) is 57.0 Å². The number of nitrogens with one attached hydrogen (secondary N) is 1. The number of hydrogen-bond donors (Lipinski definition) is 1. The standard InChI is InChI=1S/C17H29N3O2/c1-5-19-8-6-16-15(12-19)10-14(11-18-7-9-22-4)17(21)20(16)13(2)3/h10,13,18H,5-9,11-12H2,1-4H3. The van der Waals surface area contributed by atoms with E-state index in [-0.39, 0.29) is 11.6 Å². The number of aromatic nitrogens is 1. The van der Waals surface area contributed by atoms with Crippen molar-refractivity contribution in [3.63, 3.8) is 0 Å². The fourth-order valence-electron chi connectivity index (χ4n) is 3.13. The molecule has 2 heterocycles. The van der Waals surface area contributed by atoms with Gasteiger partial charge in [0.1, 0.15) is 0 Å². The number of ether oxygens (including phenoxy) is 1. The molecule has 1 aromatic heterocycles. The lowest BCUT2D eigenvalue weighted by atomic mass is 10.0. The largest absolute Gasteiger partial charge is 0.383 e. The molecular formula is C17H29N3O2. The minimum atomic E-state index is 0.156. The Balaban J connectivity index is 2.31. The van der Waals surface area contributed by atoms with Crippen LogP contribution in [0.3, 0.4) is 0 Å². The van der Waals surface area contributed by atoms with Gasteiger partial charge in [-0.2, -0.15) is 0 Å². The minimum absolute atomic E-state index is 0.156. The molecule has 0 spiro atoms. The number of rotatable bonds is 7. The Morgan fingerprint density at radius 3 is 2.82 bits per heavy atom. The van der Waals surface area contributed by atoms with Gasteiger partial charge in [-0.3, -0.25) is 9.69 Å². The SMILES string of the molecule is CCN1CCc2c(cc(CNCCOC)c(=O)n2C(C)C)C1. The smallest absolute Gasteiger partial charge is 0.255 e. The van der Waals surface area contributed by atoms with Crippen LogP contribution in [0.2, 0.25) is 0 Å². The number of likely N-dealkylation sites (N-methyl/N-ethyl adjacent to an activating group) is 1. The van der Waals surface area contributed by atoms with Gasteiger partial charge in [0.05, 0.1) is 6.61 Å². The summed E-state index contributed by atoms with van der Waals surface area (Å²) in [6.07, 6.45) is 0.966. The maximum atomic E-state index is 12.8.